The first-order valence-corrected chi connectivity index (χ1v) is 13.4. The van der Waals surface area contributed by atoms with Crippen molar-refractivity contribution in [1.82, 2.24) is 10.2 Å². The van der Waals surface area contributed by atoms with E-state index in [0.29, 0.717) is 22.2 Å². The number of likely N-dealkylation sites (N-methyl/N-ethyl adjacent to an activating group) is 1. The van der Waals surface area contributed by atoms with Crippen molar-refractivity contribution in [2.75, 3.05) is 12.8 Å². The lowest BCUT2D eigenvalue weighted by Gasteiger charge is -2.31. The van der Waals surface area contributed by atoms with Crippen LogP contribution >= 0.6 is 50.9 Å². The Balaban J connectivity index is 1.83. The summed E-state index contributed by atoms with van der Waals surface area (Å²) < 4.78 is 1.01. The molecule has 0 saturated heterocycles. The van der Waals surface area contributed by atoms with Gasteiger partial charge in [0.05, 0.1) is 5.75 Å². The largest absolute Gasteiger partial charge is 0.357 e. The summed E-state index contributed by atoms with van der Waals surface area (Å²) in [5, 5.41) is 3.70. The van der Waals surface area contributed by atoms with E-state index in [1.165, 1.54) is 11.8 Å². The molecule has 8 heteroatoms. The second-order valence-electron chi connectivity index (χ2n) is 7.70. The molecule has 0 radical (unpaired) electrons. The first-order valence-electron chi connectivity index (χ1n) is 10.7. The SMILES string of the molecule is CNC(=O)C(Cc1ccccc1)N(Cc1ccc(Cl)cc1Cl)C(=O)CSCc1ccc(Br)cc1. The molecule has 0 heterocycles. The maximum absolute atomic E-state index is 13.5. The number of benzene rings is 3. The van der Waals surface area contributed by atoms with Crippen molar-refractivity contribution in [1.29, 1.82) is 0 Å². The Kier molecular flexibility index (Phi) is 10.3. The van der Waals surface area contributed by atoms with Crippen LogP contribution in [-0.4, -0.2) is 35.6 Å². The minimum Gasteiger partial charge on any atom is -0.357 e. The molecular formula is C26H25BrCl2N2O2S. The second-order valence-corrected chi connectivity index (χ2v) is 10.4. The number of thioether (sulfide) groups is 1. The fraction of sp³-hybridized carbons (Fsp3) is 0.231. The Morgan fingerprint density at radius 2 is 1.71 bits per heavy atom. The molecule has 34 heavy (non-hydrogen) atoms. The van der Waals surface area contributed by atoms with E-state index in [4.69, 9.17) is 23.2 Å². The molecule has 0 aliphatic carbocycles. The molecule has 4 nitrogen and oxygen atoms in total. The van der Waals surface area contributed by atoms with Gasteiger partial charge in [-0.2, -0.15) is 0 Å². The highest BCUT2D eigenvalue weighted by molar-refractivity contribution is 9.10. The zero-order valence-electron chi connectivity index (χ0n) is 18.6. The molecule has 0 aliphatic heterocycles. The quantitative estimate of drug-likeness (QED) is 0.303. The van der Waals surface area contributed by atoms with E-state index in [1.807, 2.05) is 54.6 Å². The van der Waals surface area contributed by atoms with Gasteiger partial charge in [-0.15, -0.1) is 11.8 Å². The average Bonchev–Trinajstić information content (AvgIpc) is 2.83. The van der Waals surface area contributed by atoms with Crippen LogP contribution in [0.2, 0.25) is 10.0 Å². The predicted octanol–water partition coefficient (Wildman–Crippen LogP) is 6.38. The van der Waals surface area contributed by atoms with Crippen LogP contribution in [0.3, 0.4) is 0 Å². The lowest BCUT2D eigenvalue weighted by atomic mass is 10.0. The van der Waals surface area contributed by atoms with E-state index in [2.05, 4.69) is 21.2 Å². The number of halogens is 3. The van der Waals surface area contributed by atoms with E-state index < -0.39 is 6.04 Å². The van der Waals surface area contributed by atoms with E-state index in [-0.39, 0.29) is 24.1 Å². The number of carbonyl (C=O) groups excluding carboxylic acids is 2. The van der Waals surface area contributed by atoms with Crippen LogP contribution in [-0.2, 0) is 28.3 Å². The lowest BCUT2D eigenvalue weighted by molar-refractivity contribution is -0.139. The van der Waals surface area contributed by atoms with E-state index in [0.717, 1.165) is 21.2 Å². The van der Waals surface area contributed by atoms with Gasteiger partial charge in [0.2, 0.25) is 11.8 Å². The van der Waals surface area contributed by atoms with Crippen LogP contribution in [0.5, 0.6) is 0 Å². The third-order valence-electron chi connectivity index (χ3n) is 5.28. The number of hydrogen-bond acceptors (Lipinski definition) is 3. The molecule has 0 aromatic heterocycles. The third-order valence-corrected chi connectivity index (χ3v) is 7.38. The second kappa shape index (κ2) is 13.2. The molecule has 3 rings (SSSR count). The molecule has 0 fully saturated rings. The van der Waals surface area contributed by atoms with Gasteiger partial charge >= 0.3 is 0 Å². The average molecular weight is 580 g/mol. The zero-order chi connectivity index (χ0) is 24.5. The van der Waals surface area contributed by atoms with Crippen molar-refractivity contribution in [2.45, 2.75) is 24.8 Å². The Labute approximate surface area is 223 Å². The maximum Gasteiger partial charge on any atom is 0.242 e. The molecule has 2 amide bonds. The number of nitrogens with zero attached hydrogens (tertiary/aromatic N) is 1. The number of nitrogens with one attached hydrogen (secondary N) is 1. The molecule has 0 saturated carbocycles. The van der Waals surface area contributed by atoms with Gasteiger partial charge in [-0.05, 0) is 41.0 Å². The summed E-state index contributed by atoms with van der Waals surface area (Å²) in [4.78, 5) is 28.0. The van der Waals surface area contributed by atoms with Crippen molar-refractivity contribution in [3.8, 4) is 0 Å². The summed E-state index contributed by atoms with van der Waals surface area (Å²) in [7, 11) is 1.58. The minimum atomic E-state index is -0.681. The third kappa shape index (κ3) is 7.77. The molecule has 3 aromatic rings. The van der Waals surface area contributed by atoms with Crippen molar-refractivity contribution >= 4 is 62.7 Å². The molecular weight excluding hydrogens is 555 g/mol. The van der Waals surface area contributed by atoms with Crippen LogP contribution in [0.15, 0.2) is 77.3 Å². The molecule has 1 atom stereocenters. The Bertz CT molecular complexity index is 1110. The van der Waals surface area contributed by atoms with Gasteiger partial charge in [0, 0.05) is 40.3 Å². The molecule has 0 bridgehead atoms. The predicted molar refractivity (Wildman–Crippen MR) is 145 cm³/mol. The summed E-state index contributed by atoms with van der Waals surface area (Å²) in [6, 6.07) is 22.2. The van der Waals surface area contributed by atoms with Crippen molar-refractivity contribution in [2.24, 2.45) is 0 Å². The molecule has 1 unspecified atom stereocenters. The Hall–Kier alpha value is -1.99. The molecule has 0 spiro atoms. The summed E-state index contributed by atoms with van der Waals surface area (Å²) in [5.74, 6) is 0.583. The highest BCUT2D eigenvalue weighted by Gasteiger charge is 2.30. The van der Waals surface area contributed by atoms with Crippen molar-refractivity contribution in [3.63, 3.8) is 0 Å². The van der Waals surface area contributed by atoms with Gasteiger partial charge in [0.1, 0.15) is 6.04 Å². The monoisotopic (exact) mass is 578 g/mol. The van der Waals surface area contributed by atoms with Crippen molar-refractivity contribution < 1.29 is 9.59 Å². The summed E-state index contributed by atoms with van der Waals surface area (Å²) in [6.45, 7) is 0.207. The standard InChI is InChI=1S/C26H25BrCl2N2O2S/c1-30-26(33)24(13-18-5-3-2-4-6-18)31(15-20-9-12-22(28)14-23(20)29)25(32)17-34-16-19-7-10-21(27)11-8-19/h2-12,14,24H,13,15-17H2,1H3,(H,30,33). The van der Waals surface area contributed by atoms with Crippen LogP contribution in [0.4, 0.5) is 0 Å². The van der Waals surface area contributed by atoms with Crippen LogP contribution in [0, 0.1) is 0 Å². The van der Waals surface area contributed by atoms with Gasteiger partial charge in [-0.3, -0.25) is 9.59 Å². The molecule has 0 aliphatic rings. The molecule has 178 valence electrons. The summed E-state index contributed by atoms with van der Waals surface area (Å²) >= 11 is 17.4. The smallest absolute Gasteiger partial charge is 0.242 e. The summed E-state index contributed by atoms with van der Waals surface area (Å²) in [6.07, 6.45) is 0.398. The first-order chi connectivity index (χ1) is 16.4. The molecule has 3 aromatic carbocycles. The normalized spacial score (nSPS) is 11.6. The maximum atomic E-state index is 13.5. The Morgan fingerprint density at radius 1 is 1.00 bits per heavy atom. The number of rotatable bonds is 10. The fourth-order valence-electron chi connectivity index (χ4n) is 3.47. The first kappa shape index (κ1) is 26.6. The summed E-state index contributed by atoms with van der Waals surface area (Å²) in [5.41, 5.74) is 2.83. The van der Waals surface area contributed by atoms with E-state index in [1.54, 1.807) is 30.1 Å². The fourth-order valence-corrected chi connectivity index (χ4v) is 5.08. The number of hydrogen-bond donors (Lipinski definition) is 1. The van der Waals surface area contributed by atoms with E-state index in [9.17, 15) is 9.59 Å². The lowest BCUT2D eigenvalue weighted by Crippen LogP contribution is -2.50. The van der Waals surface area contributed by atoms with Crippen LogP contribution in [0.1, 0.15) is 16.7 Å². The highest BCUT2D eigenvalue weighted by atomic mass is 79.9. The highest BCUT2D eigenvalue weighted by Crippen LogP contribution is 2.25. The number of amides is 2. The Morgan fingerprint density at radius 3 is 2.35 bits per heavy atom. The van der Waals surface area contributed by atoms with Gasteiger partial charge < -0.3 is 10.2 Å². The van der Waals surface area contributed by atoms with Crippen molar-refractivity contribution in [3.05, 3.63) is 104 Å². The van der Waals surface area contributed by atoms with Gasteiger partial charge in [-0.25, -0.2) is 0 Å². The zero-order valence-corrected chi connectivity index (χ0v) is 22.6. The molecule has 1 N–H and O–H groups in total. The van der Waals surface area contributed by atoms with Crippen LogP contribution in [0.25, 0.3) is 0 Å². The van der Waals surface area contributed by atoms with Crippen LogP contribution < -0.4 is 5.32 Å². The van der Waals surface area contributed by atoms with E-state index >= 15 is 0 Å². The number of carbonyl (C=O) groups is 2. The topological polar surface area (TPSA) is 49.4 Å². The van der Waals surface area contributed by atoms with Gasteiger partial charge in [0.15, 0.2) is 0 Å². The minimum absolute atomic E-state index is 0.127. The van der Waals surface area contributed by atoms with Gasteiger partial charge in [-0.1, -0.05) is 87.7 Å². The van der Waals surface area contributed by atoms with Gasteiger partial charge in [0.25, 0.3) is 0 Å².